The Bertz CT molecular complexity index is 308. The van der Waals surface area contributed by atoms with Gasteiger partial charge in [0.1, 0.15) is 6.54 Å². The second-order valence-electron chi connectivity index (χ2n) is 4.30. The van der Waals surface area contributed by atoms with E-state index < -0.39 is 30.6 Å². The second-order valence-corrected chi connectivity index (χ2v) is 4.30. The number of carbonyl (C=O) groups excluding carboxylic acids is 1. The molecule has 2 amide bonds. The van der Waals surface area contributed by atoms with Crippen LogP contribution < -0.4 is 5.32 Å². The fraction of sp³-hybridized carbons (Fsp3) is 0.818. The fourth-order valence-electron chi connectivity index (χ4n) is 1.37. The van der Waals surface area contributed by atoms with E-state index in [1.165, 1.54) is 6.92 Å². The van der Waals surface area contributed by atoms with Gasteiger partial charge in [-0.05, 0) is 12.8 Å². The molecule has 0 aromatic carbocycles. The summed E-state index contributed by atoms with van der Waals surface area (Å²) in [4.78, 5) is 22.7. The van der Waals surface area contributed by atoms with Crippen LogP contribution in [0.2, 0.25) is 0 Å². The second kappa shape index (κ2) is 7.85. The van der Waals surface area contributed by atoms with Crippen LogP contribution in [-0.4, -0.2) is 47.8 Å². The first-order valence-corrected chi connectivity index (χ1v) is 5.99. The van der Waals surface area contributed by atoms with Crippen LogP contribution >= 0.6 is 0 Å². The van der Waals surface area contributed by atoms with Crippen molar-refractivity contribution in [3.8, 4) is 0 Å². The van der Waals surface area contributed by atoms with E-state index in [-0.39, 0.29) is 19.5 Å². The van der Waals surface area contributed by atoms with Crippen molar-refractivity contribution in [2.24, 2.45) is 5.92 Å². The molecule has 1 atom stereocenters. The van der Waals surface area contributed by atoms with E-state index in [9.17, 15) is 22.8 Å². The minimum absolute atomic E-state index is 0.000171. The molecule has 2 N–H and O–H groups in total. The number of amides is 2. The number of carboxylic acids is 1. The molecule has 0 aliphatic carbocycles. The van der Waals surface area contributed by atoms with Gasteiger partial charge in [-0.1, -0.05) is 13.8 Å². The maximum atomic E-state index is 12.2. The fourth-order valence-corrected chi connectivity index (χ4v) is 1.37. The lowest BCUT2D eigenvalue weighted by atomic mass is 10.1. The molecule has 1 unspecified atom stereocenters. The first-order valence-electron chi connectivity index (χ1n) is 5.99. The summed E-state index contributed by atoms with van der Waals surface area (Å²) in [5, 5.41) is 10.9. The van der Waals surface area contributed by atoms with E-state index >= 15 is 0 Å². The lowest BCUT2D eigenvalue weighted by Gasteiger charge is -2.23. The summed E-state index contributed by atoms with van der Waals surface area (Å²) in [6.45, 7) is 1.86. The zero-order valence-corrected chi connectivity index (χ0v) is 11.0. The minimum atomic E-state index is -4.44. The third-order valence-electron chi connectivity index (χ3n) is 2.43. The first kappa shape index (κ1) is 17.5. The quantitative estimate of drug-likeness (QED) is 0.752. The topological polar surface area (TPSA) is 69.6 Å². The predicted molar refractivity (Wildman–Crippen MR) is 62.7 cm³/mol. The van der Waals surface area contributed by atoms with Gasteiger partial charge in [-0.25, -0.2) is 4.79 Å². The van der Waals surface area contributed by atoms with Gasteiger partial charge < -0.3 is 15.3 Å². The maximum Gasteiger partial charge on any atom is 0.406 e. The van der Waals surface area contributed by atoms with E-state index in [2.05, 4.69) is 5.32 Å². The monoisotopic (exact) mass is 284 g/mol. The summed E-state index contributed by atoms with van der Waals surface area (Å²) in [7, 11) is 0. The third kappa shape index (κ3) is 8.28. The lowest BCUT2D eigenvalue weighted by molar-refractivity contribution is -0.141. The molecule has 0 rings (SSSR count). The van der Waals surface area contributed by atoms with Gasteiger partial charge in [-0.2, -0.15) is 13.2 Å². The molecule has 5 nitrogen and oxygen atoms in total. The molecule has 0 radical (unpaired) electrons. The van der Waals surface area contributed by atoms with Gasteiger partial charge in [0.2, 0.25) is 0 Å². The molecule has 0 aromatic heterocycles. The van der Waals surface area contributed by atoms with E-state index in [0.29, 0.717) is 11.3 Å². The van der Waals surface area contributed by atoms with E-state index in [1.54, 1.807) is 6.92 Å². The van der Waals surface area contributed by atoms with Crippen LogP contribution in [0.25, 0.3) is 0 Å². The lowest BCUT2D eigenvalue weighted by Crippen LogP contribution is -2.45. The molecule has 0 aromatic rings. The van der Waals surface area contributed by atoms with Crippen molar-refractivity contribution in [1.29, 1.82) is 0 Å². The molecular formula is C11H19F3N2O3. The van der Waals surface area contributed by atoms with Crippen LogP contribution in [0.1, 0.15) is 26.7 Å². The van der Waals surface area contributed by atoms with Gasteiger partial charge in [0, 0.05) is 13.1 Å². The van der Waals surface area contributed by atoms with Gasteiger partial charge >= 0.3 is 18.2 Å². The third-order valence-corrected chi connectivity index (χ3v) is 2.43. The Labute approximate surface area is 109 Å². The normalized spacial score (nSPS) is 12.9. The van der Waals surface area contributed by atoms with Crippen molar-refractivity contribution in [2.75, 3.05) is 19.6 Å². The smallest absolute Gasteiger partial charge is 0.406 e. The van der Waals surface area contributed by atoms with Crippen LogP contribution in [0.15, 0.2) is 0 Å². The van der Waals surface area contributed by atoms with Crippen molar-refractivity contribution in [2.45, 2.75) is 32.9 Å². The zero-order valence-electron chi connectivity index (χ0n) is 11.0. The van der Waals surface area contributed by atoms with Crippen LogP contribution in [0.3, 0.4) is 0 Å². The number of nitrogens with one attached hydrogen (secondary N) is 1. The molecule has 0 fully saturated rings. The number of hydrogen-bond acceptors (Lipinski definition) is 2. The number of rotatable bonds is 7. The standard InChI is InChI=1S/C11H19F3N2O3/c1-3-6-16(7-11(12,13)14)10(19)15-5-4-8(2)9(17)18/h8H,3-7H2,1-2H3,(H,15,19)(H,17,18). The van der Waals surface area contributed by atoms with Crippen LogP contribution in [-0.2, 0) is 4.79 Å². The summed E-state index contributed by atoms with van der Waals surface area (Å²) in [5.41, 5.74) is 0. The van der Waals surface area contributed by atoms with E-state index in [4.69, 9.17) is 5.11 Å². The summed E-state index contributed by atoms with van der Waals surface area (Å²) in [6, 6.07) is -0.822. The molecule has 0 bridgehead atoms. The summed E-state index contributed by atoms with van der Waals surface area (Å²) >= 11 is 0. The highest BCUT2D eigenvalue weighted by molar-refractivity contribution is 5.74. The summed E-state index contributed by atoms with van der Waals surface area (Å²) in [6.07, 6.45) is -3.86. The van der Waals surface area contributed by atoms with Crippen LogP contribution in [0, 0.1) is 5.92 Å². The predicted octanol–water partition coefficient (Wildman–Crippen LogP) is 2.08. The van der Waals surface area contributed by atoms with Gasteiger partial charge in [0.15, 0.2) is 0 Å². The number of halogens is 3. The van der Waals surface area contributed by atoms with E-state index in [0.717, 1.165) is 0 Å². The van der Waals surface area contributed by atoms with Crippen molar-refractivity contribution < 1.29 is 27.9 Å². The number of carbonyl (C=O) groups is 2. The molecule has 0 spiro atoms. The van der Waals surface area contributed by atoms with Gasteiger partial charge in [0.25, 0.3) is 0 Å². The Kier molecular flexibility index (Phi) is 7.25. The van der Waals surface area contributed by atoms with Gasteiger partial charge in [-0.3, -0.25) is 4.79 Å². The molecule has 0 aliphatic heterocycles. The maximum absolute atomic E-state index is 12.2. The molecule has 0 saturated heterocycles. The largest absolute Gasteiger partial charge is 0.481 e. The highest BCUT2D eigenvalue weighted by Crippen LogP contribution is 2.16. The zero-order chi connectivity index (χ0) is 15.1. The van der Waals surface area contributed by atoms with Crippen molar-refractivity contribution in [3.05, 3.63) is 0 Å². The molecule has 8 heteroatoms. The summed E-state index contributed by atoms with van der Waals surface area (Å²) in [5.74, 6) is -1.66. The number of nitrogens with zero attached hydrogens (tertiary/aromatic N) is 1. The van der Waals surface area contributed by atoms with E-state index in [1.807, 2.05) is 0 Å². The Hall–Kier alpha value is -1.47. The Morgan fingerprint density at radius 3 is 2.37 bits per heavy atom. The van der Waals surface area contributed by atoms with Gasteiger partial charge in [-0.15, -0.1) is 0 Å². The molecule has 0 saturated carbocycles. The average molecular weight is 284 g/mol. The highest BCUT2D eigenvalue weighted by atomic mass is 19.4. The molecule has 19 heavy (non-hydrogen) atoms. The first-order chi connectivity index (χ1) is 8.67. The minimum Gasteiger partial charge on any atom is -0.481 e. The number of aliphatic carboxylic acids is 1. The number of carboxylic acid groups (broad SMARTS) is 1. The Morgan fingerprint density at radius 2 is 1.95 bits per heavy atom. The number of hydrogen-bond donors (Lipinski definition) is 2. The highest BCUT2D eigenvalue weighted by Gasteiger charge is 2.32. The SMILES string of the molecule is CCCN(CC(F)(F)F)C(=O)NCCC(C)C(=O)O. The van der Waals surface area contributed by atoms with Crippen LogP contribution in [0.4, 0.5) is 18.0 Å². The average Bonchev–Trinajstić information content (AvgIpc) is 2.26. The van der Waals surface area contributed by atoms with Crippen LogP contribution in [0.5, 0.6) is 0 Å². The number of alkyl halides is 3. The van der Waals surface area contributed by atoms with Gasteiger partial charge in [0.05, 0.1) is 5.92 Å². The Morgan fingerprint density at radius 1 is 1.37 bits per heavy atom. The molecule has 0 heterocycles. The number of urea groups is 1. The molecule has 112 valence electrons. The summed E-state index contributed by atoms with van der Waals surface area (Å²) < 4.78 is 36.7. The van der Waals surface area contributed by atoms with Crippen molar-refractivity contribution in [3.63, 3.8) is 0 Å². The molecular weight excluding hydrogens is 265 g/mol. The van der Waals surface area contributed by atoms with Crippen molar-refractivity contribution in [1.82, 2.24) is 10.2 Å². The molecule has 0 aliphatic rings. The van der Waals surface area contributed by atoms with Crippen molar-refractivity contribution >= 4 is 12.0 Å². The Balaban J connectivity index is 4.22.